The summed E-state index contributed by atoms with van der Waals surface area (Å²) in [5.74, 6) is 0.593. The van der Waals surface area contributed by atoms with E-state index in [1.807, 2.05) is 31.2 Å². The van der Waals surface area contributed by atoms with Gasteiger partial charge < -0.3 is 10.5 Å². The van der Waals surface area contributed by atoms with Gasteiger partial charge in [0, 0.05) is 12.6 Å². The first-order chi connectivity index (χ1) is 8.61. The fourth-order valence-electron chi connectivity index (χ4n) is 2.09. The van der Waals surface area contributed by atoms with Crippen molar-refractivity contribution < 1.29 is 9.53 Å². The van der Waals surface area contributed by atoms with E-state index in [9.17, 15) is 4.79 Å². The van der Waals surface area contributed by atoms with Crippen molar-refractivity contribution in [1.82, 2.24) is 4.90 Å². The molecule has 0 spiro atoms. The van der Waals surface area contributed by atoms with Crippen LogP contribution in [0.2, 0.25) is 0 Å². The standard InChI is InChI=1S/C14H20N2O2/c1-10(14(15)17)16(12-5-6-12)9-11-3-7-13(18-2)8-4-11/h3-4,7-8,10,12H,5-6,9H2,1-2H3,(H2,15,17)/t10-/m1/s1. The van der Waals surface area contributed by atoms with Crippen LogP contribution in [0.1, 0.15) is 25.3 Å². The van der Waals surface area contributed by atoms with Crippen molar-refractivity contribution in [3.05, 3.63) is 29.8 Å². The zero-order chi connectivity index (χ0) is 13.1. The number of methoxy groups -OCH3 is 1. The molecule has 18 heavy (non-hydrogen) atoms. The predicted molar refractivity (Wildman–Crippen MR) is 70.2 cm³/mol. The molecule has 4 heteroatoms. The summed E-state index contributed by atoms with van der Waals surface area (Å²) in [7, 11) is 1.65. The van der Waals surface area contributed by atoms with Crippen molar-refractivity contribution in [3.8, 4) is 5.75 Å². The Kier molecular flexibility index (Phi) is 3.87. The first kappa shape index (κ1) is 12.9. The van der Waals surface area contributed by atoms with Crippen molar-refractivity contribution >= 4 is 5.91 Å². The molecular weight excluding hydrogens is 228 g/mol. The van der Waals surface area contributed by atoms with Gasteiger partial charge in [-0.15, -0.1) is 0 Å². The average Bonchev–Trinajstić information content (AvgIpc) is 3.20. The number of rotatable bonds is 6. The lowest BCUT2D eigenvalue weighted by molar-refractivity contribution is -0.123. The van der Waals surface area contributed by atoms with E-state index in [1.54, 1.807) is 7.11 Å². The van der Waals surface area contributed by atoms with Crippen LogP contribution < -0.4 is 10.5 Å². The minimum absolute atomic E-state index is 0.209. The third-order valence-electron chi connectivity index (χ3n) is 3.45. The second-order valence-corrected chi connectivity index (χ2v) is 4.83. The molecule has 0 aromatic heterocycles. The molecule has 1 aromatic carbocycles. The molecule has 2 N–H and O–H groups in total. The molecule has 1 fully saturated rings. The molecule has 4 nitrogen and oxygen atoms in total. The lowest BCUT2D eigenvalue weighted by Gasteiger charge is -2.26. The van der Waals surface area contributed by atoms with Gasteiger partial charge in [0.05, 0.1) is 13.2 Å². The number of benzene rings is 1. The van der Waals surface area contributed by atoms with Gasteiger partial charge in [-0.05, 0) is 37.5 Å². The lowest BCUT2D eigenvalue weighted by Crippen LogP contribution is -2.43. The number of carbonyl (C=O) groups excluding carboxylic acids is 1. The van der Waals surface area contributed by atoms with Crippen LogP contribution in [0.5, 0.6) is 5.75 Å². The SMILES string of the molecule is COc1ccc(CN(C2CC2)[C@H](C)C(N)=O)cc1. The fraction of sp³-hybridized carbons (Fsp3) is 0.500. The molecular formula is C14H20N2O2. The number of primary amides is 1. The van der Waals surface area contributed by atoms with Gasteiger partial charge >= 0.3 is 0 Å². The summed E-state index contributed by atoms with van der Waals surface area (Å²) in [5, 5.41) is 0. The average molecular weight is 248 g/mol. The van der Waals surface area contributed by atoms with E-state index in [4.69, 9.17) is 10.5 Å². The molecule has 1 amide bonds. The molecule has 0 aliphatic heterocycles. The molecule has 98 valence electrons. The summed E-state index contributed by atoms with van der Waals surface area (Å²) in [6.07, 6.45) is 2.32. The third-order valence-corrected chi connectivity index (χ3v) is 3.45. The summed E-state index contributed by atoms with van der Waals surface area (Å²) >= 11 is 0. The number of hydrogen-bond acceptors (Lipinski definition) is 3. The normalized spacial score (nSPS) is 16.6. The van der Waals surface area contributed by atoms with Gasteiger partial charge in [0.15, 0.2) is 0 Å². The molecule has 0 heterocycles. The molecule has 1 saturated carbocycles. The Morgan fingerprint density at radius 3 is 2.50 bits per heavy atom. The van der Waals surface area contributed by atoms with E-state index in [-0.39, 0.29) is 11.9 Å². The van der Waals surface area contributed by atoms with E-state index in [0.717, 1.165) is 25.1 Å². The minimum Gasteiger partial charge on any atom is -0.497 e. The maximum absolute atomic E-state index is 11.3. The summed E-state index contributed by atoms with van der Waals surface area (Å²) in [6.45, 7) is 2.64. The topological polar surface area (TPSA) is 55.6 Å². The van der Waals surface area contributed by atoms with E-state index in [2.05, 4.69) is 4.90 Å². The van der Waals surface area contributed by atoms with Crippen LogP contribution in [-0.2, 0) is 11.3 Å². The summed E-state index contributed by atoms with van der Waals surface area (Å²) in [5.41, 5.74) is 6.58. The van der Waals surface area contributed by atoms with E-state index < -0.39 is 0 Å². The van der Waals surface area contributed by atoms with Gasteiger partial charge in [0.25, 0.3) is 0 Å². The van der Waals surface area contributed by atoms with Crippen LogP contribution >= 0.6 is 0 Å². The number of nitrogens with zero attached hydrogens (tertiary/aromatic N) is 1. The molecule has 0 bridgehead atoms. The lowest BCUT2D eigenvalue weighted by atomic mass is 10.1. The highest BCUT2D eigenvalue weighted by Crippen LogP contribution is 2.30. The summed E-state index contributed by atoms with van der Waals surface area (Å²) < 4.78 is 5.13. The highest BCUT2D eigenvalue weighted by molar-refractivity contribution is 5.79. The van der Waals surface area contributed by atoms with Crippen molar-refractivity contribution in [1.29, 1.82) is 0 Å². The quantitative estimate of drug-likeness (QED) is 0.830. The van der Waals surface area contributed by atoms with E-state index in [1.165, 1.54) is 5.56 Å². The minimum atomic E-state index is -0.254. The van der Waals surface area contributed by atoms with Crippen LogP contribution in [0.3, 0.4) is 0 Å². The fourth-order valence-corrected chi connectivity index (χ4v) is 2.09. The summed E-state index contributed by atoms with van der Waals surface area (Å²) in [4.78, 5) is 13.5. The zero-order valence-corrected chi connectivity index (χ0v) is 10.9. The number of carbonyl (C=O) groups is 1. The van der Waals surface area contributed by atoms with Crippen molar-refractivity contribution in [3.63, 3.8) is 0 Å². The first-order valence-electron chi connectivity index (χ1n) is 6.30. The van der Waals surface area contributed by atoms with Gasteiger partial charge in [-0.3, -0.25) is 9.69 Å². The predicted octanol–water partition coefficient (Wildman–Crippen LogP) is 1.53. The Balaban J connectivity index is 2.05. The smallest absolute Gasteiger partial charge is 0.234 e. The van der Waals surface area contributed by atoms with Gasteiger partial charge in [-0.25, -0.2) is 0 Å². The van der Waals surface area contributed by atoms with E-state index in [0.29, 0.717) is 6.04 Å². The van der Waals surface area contributed by atoms with Crippen molar-refractivity contribution in [2.45, 2.75) is 38.4 Å². The maximum Gasteiger partial charge on any atom is 0.234 e. The van der Waals surface area contributed by atoms with Crippen LogP contribution in [0.25, 0.3) is 0 Å². The molecule has 0 saturated heterocycles. The maximum atomic E-state index is 11.3. The highest BCUT2D eigenvalue weighted by Gasteiger charge is 2.34. The Hall–Kier alpha value is -1.55. The van der Waals surface area contributed by atoms with Gasteiger partial charge in [-0.2, -0.15) is 0 Å². The Bertz CT molecular complexity index is 412. The van der Waals surface area contributed by atoms with Crippen LogP contribution in [0.15, 0.2) is 24.3 Å². The van der Waals surface area contributed by atoms with Crippen molar-refractivity contribution in [2.75, 3.05) is 7.11 Å². The molecule has 1 aromatic rings. The van der Waals surface area contributed by atoms with Crippen LogP contribution in [-0.4, -0.2) is 30.0 Å². The van der Waals surface area contributed by atoms with Gasteiger partial charge in [0.1, 0.15) is 5.75 Å². The largest absolute Gasteiger partial charge is 0.497 e. The second kappa shape index (κ2) is 5.40. The summed E-state index contributed by atoms with van der Waals surface area (Å²) in [6, 6.07) is 8.24. The zero-order valence-electron chi connectivity index (χ0n) is 10.9. The molecule has 1 aliphatic rings. The number of nitrogens with two attached hydrogens (primary N) is 1. The molecule has 0 radical (unpaired) electrons. The van der Waals surface area contributed by atoms with Gasteiger partial charge in [0.2, 0.25) is 5.91 Å². The molecule has 1 aliphatic carbocycles. The molecule has 2 rings (SSSR count). The Morgan fingerprint density at radius 2 is 2.06 bits per heavy atom. The van der Waals surface area contributed by atoms with Crippen molar-refractivity contribution in [2.24, 2.45) is 5.73 Å². The Morgan fingerprint density at radius 1 is 1.44 bits per heavy atom. The monoisotopic (exact) mass is 248 g/mol. The Labute approximate surface area is 108 Å². The number of amides is 1. The van der Waals surface area contributed by atoms with E-state index >= 15 is 0 Å². The third kappa shape index (κ3) is 3.01. The molecule has 0 unspecified atom stereocenters. The van der Waals surface area contributed by atoms with Crippen LogP contribution in [0, 0.1) is 0 Å². The highest BCUT2D eigenvalue weighted by atomic mass is 16.5. The number of ether oxygens (including phenoxy) is 1. The number of hydrogen-bond donors (Lipinski definition) is 1. The molecule has 1 atom stereocenters. The first-order valence-corrected chi connectivity index (χ1v) is 6.30. The van der Waals surface area contributed by atoms with Gasteiger partial charge in [-0.1, -0.05) is 12.1 Å². The van der Waals surface area contributed by atoms with Crippen LogP contribution in [0.4, 0.5) is 0 Å². The second-order valence-electron chi connectivity index (χ2n) is 4.83.